The molecule has 1 unspecified atom stereocenters. The van der Waals surface area contributed by atoms with Gasteiger partial charge in [-0.2, -0.15) is 0 Å². The molecule has 2 aromatic carbocycles. The third-order valence-electron chi connectivity index (χ3n) is 4.09. The fourth-order valence-corrected chi connectivity index (χ4v) is 3.15. The van der Waals surface area contributed by atoms with Gasteiger partial charge in [-0.1, -0.05) is 72.8 Å². The first-order chi connectivity index (χ1) is 9.31. The Balaban J connectivity index is 0.00000147. The van der Waals surface area contributed by atoms with Crippen molar-refractivity contribution in [3.05, 3.63) is 83.9 Å². The molecular weight excluding hydrogens is 266 g/mol. The summed E-state index contributed by atoms with van der Waals surface area (Å²) in [6, 6.07) is 21.6. The van der Waals surface area contributed by atoms with Crippen molar-refractivity contribution in [2.24, 2.45) is 5.73 Å². The minimum Gasteiger partial charge on any atom is -0.324 e. The van der Waals surface area contributed by atoms with E-state index in [0.717, 1.165) is 12.8 Å². The molecule has 0 heterocycles. The van der Waals surface area contributed by atoms with E-state index in [2.05, 4.69) is 72.8 Å². The molecule has 2 aromatic rings. The van der Waals surface area contributed by atoms with E-state index in [1.807, 2.05) is 0 Å². The number of nitrogens with two attached hydrogens (primary N) is 1. The molecule has 0 spiro atoms. The van der Waals surface area contributed by atoms with Gasteiger partial charge in [0.15, 0.2) is 0 Å². The third kappa shape index (κ3) is 2.65. The van der Waals surface area contributed by atoms with E-state index < -0.39 is 0 Å². The average Bonchev–Trinajstić information content (AvgIpc) is 2.49. The smallest absolute Gasteiger partial charge is 0.0255 e. The fraction of sp³-hybridized carbons (Fsp3) is 0.222. The Labute approximate surface area is 126 Å². The molecule has 3 rings (SSSR count). The van der Waals surface area contributed by atoms with Crippen LogP contribution in [0.2, 0.25) is 0 Å². The Morgan fingerprint density at radius 3 is 1.80 bits per heavy atom. The largest absolute Gasteiger partial charge is 0.324 e. The topological polar surface area (TPSA) is 26.0 Å². The standard InChI is InChI=1S/C18H19N.ClH/c19-17-12-7-13-18(14-17,15-8-3-1-4-9-15)16-10-5-2-6-11-16;/h1-12,17H,13-14,19H2;1H. The van der Waals surface area contributed by atoms with E-state index in [4.69, 9.17) is 5.73 Å². The van der Waals surface area contributed by atoms with Crippen LogP contribution in [-0.4, -0.2) is 6.04 Å². The molecule has 0 saturated carbocycles. The Morgan fingerprint density at radius 1 is 0.850 bits per heavy atom. The SMILES string of the molecule is Cl.NC1C=CCC(c2ccccc2)(c2ccccc2)C1. The van der Waals surface area contributed by atoms with E-state index >= 15 is 0 Å². The quantitative estimate of drug-likeness (QED) is 0.827. The lowest BCUT2D eigenvalue weighted by Gasteiger charge is -2.38. The molecule has 0 bridgehead atoms. The third-order valence-corrected chi connectivity index (χ3v) is 4.09. The van der Waals surface area contributed by atoms with Gasteiger partial charge in [0.1, 0.15) is 0 Å². The van der Waals surface area contributed by atoms with Gasteiger partial charge in [-0.15, -0.1) is 12.4 Å². The first-order valence-corrected chi connectivity index (χ1v) is 6.84. The zero-order valence-electron chi connectivity index (χ0n) is 11.4. The first-order valence-electron chi connectivity index (χ1n) is 6.84. The Bertz CT molecular complexity index is 523. The highest BCUT2D eigenvalue weighted by atomic mass is 35.5. The van der Waals surface area contributed by atoms with Gasteiger partial charge in [0, 0.05) is 11.5 Å². The van der Waals surface area contributed by atoms with Crippen LogP contribution in [0.15, 0.2) is 72.8 Å². The van der Waals surface area contributed by atoms with Crippen molar-refractivity contribution >= 4 is 12.4 Å². The Hall–Kier alpha value is -1.57. The van der Waals surface area contributed by atoms with Gasteiger partial charge in [-0.3, -0.25) is 0 Å². The lowest BCUT2D eigenvalue weighted by atomic mass is 9.66. The second kappa shape index (κ2) is 6.25. The predicted molar refractivity (Wildman–Crippen MR) is 87.3 cm³/mol. The van der Waals surface area contributed by atoms with Crippen LogP contribution in [0.25, 0.3) is 0 Å². The van der Waals surface area contributed by atoms with Crippen LogP contribution in [0.5, 0.6) is 0 Å². The molecule has 0 fully saturated rings. The molecule has 1 aliphatic rings. The molecule has 2 heteroatoms. The second-order valence-electron chi connectivity index (χ2n) is 5.31. The highest BCUT2D eigenvalue weighted by Crippen LogP contribution is 2.42. The van der Waals surface area contributed by atoms with Crippen LogP contribution >= 0.6 is 12.4 Å². The number of rotatable bonds is 2. The number of halogens is 1. The number of hydrogen-bond acceptors (Lipinski definition) is 1. The first kappa shape index (κ1) is 14.8. The van der Waals surface area contributed by atoms with Crippen LogP contribution in [0.1, 0.15) is 24.0 Å². The molecule has 0 amide bonds. The Kier molecular flexibility index (Phi) is 4.64. The van der Waals surface area contributed by atoms with E-state index in [-0.39, 0.29) is 23.9 Å². The summed E-state index contributed by atoms with van der Waals surface area (Å²) >= 11 is 0. The molecule has 0 aliphatic heterocycles. The predicted octanol–water partition coefficient (Wildman–Crippen LogP) is 4.07. The molecule has 1 nitrogen and oxygen atoms in total. The zero-order valence-corrected chi connectivity index (χ0v) is 12.2. The van der Waals surface area contributed by atoms with Crippen molar-refractivity contribution in [1.29, 1.82) is 0 Å². The molecule has 1 atom stereocenters. The monoisotopic (exact) mass is 285 g/mol. The zero-order chi connectivity index (χ0) is 13.1. The lowest BCUT2D eigenvalue weighted by Crippen LogP contribution is -2.37. The van der Waals surface area contributed by atoms with Crippen LogP contribution in [0.4, 0.5) is 0 Å². The summed E-state index contributed by atoms with van der Waals surface area (Å²) in [4.78, 5) is 0. The maximum atomic E-state index is 6.20. The van der Waals surface area contributed by atoms with Crippen LogP contribution in [-0.2, 0) is 5.41 Å². The maximum Gasteiger partial charge on any atom is 0.0255 e. The van der Waals surface area contributed by atoms with Crippen LogP contribution in [0.3, 0.4) is 0 Å². The van der Waals surface area contributed by atoms with Gasteiger partial charge in [0.25, 0.3) is 0 Å². The van der Waals surface area contributed by atoms with Gasteiger partial charge >= 0.3 is 0 Å². The molecule has 0 saturated heterocycles. The van der Waals surface area contributed by atoms with Gasteiger partial charge in [0.05, 0.1) is 0 Å². The van der Waals surface area contributed by atoms with Crippen molar-refractivity contribution in [2.75, 3.05) is 0 Å². The molecule has 0 aromatic heterocycles. The molecular formula is C18H20ClN. The second-order valence-corrected chi connectivity index (χ2v) is 5.31. The Morgan fingerprint density at radius 2 is 1.35 bits per heavy atom. The molecule has 20 heavy (non-hydrogen) atoms. The molecule has 104 valence electrons. The molecule has 2 N–H and O–H groups in total. The van der Waals surface area contributed by atoms with E-state index in [1.165, 1.54) is 11.1 Å². The van der Waals surface area contributed by atoms with Crippen molar-refractivity contribution in [3.8, 4) is 0 Å². The van der Waals surface area contributed by atoms with Crippen LogP contribution < -0.4 is 5.73 Å². The summed E-state index contributed by atoms with van der Waals surface area (Å²) < 4.78 is 0. The fourth-order valence-electron chi connectivity index (χ4n) is 3.15. The summed E-state index contributed by atoms with van der Waals surface area (Å²) in [6.07, 6.45) is 6.35. The van der Waals surface area contributed by atoms with Crippen molar-refractivity contribution in [3.63, 3.8) is 0 Å². The molecule has 1 aliphatic carbocycles. The van der Waals surface area contributed by atoms with Crippen molar-refractivity contribution < 1.29 is 0 Å². The van der Waals surface area contributed by atoms with E-state index in [0.29, 0.717) is 0 Å². The summed E-state index contributed by atoms with van der Waals surface area (Å²) in [5.74, 6) is 0. The normalized spacial score (nSPS) is 20.1. The van der Waals surface area contributed by atoms with Gasteiger partial charge in [0.2, 0.25) is 0 Å². The van der Waals surface area contributed by atoms with E-state index in [9.17, 15) is 0 Å². The van der Waals surface area contributed by atoms with Gasteiger partial charge in [-0.05, 0) is 24.0 Å². The maximum absolute atomic E-state index is 6.20. The summed E-state index contributed by atoms with van der Waals surface area (Å²) in [7, 11) is 0. The average molecular weight is 286 g/mol. The minimum atomic E-state index is 0. The highest BCUT2D eigenvalue weighted by molar-refractivity contribution is 5.85. The lowest BCUT2D eigenvalue weighted by molar-refractivity contribution is 0.434. The number of hydrogen-bond donors (Lipinski definition) is 1. The van der Waals surface area contributed by atoms with E-state index in [1.54, 1.807) is 0 Å². The van der Waals surface area contributed by atoms with Crippen molar-refractivity contribution in [2.45, 2.75) is 24.3 Å². The number of benzene rings is 2. The van der Waals surface area contributed by atoms with Gasteiger partial charge < -0.3 is 5.73 Å². The summed E-state index contributed by atoms with van der Waals surface area (Å²) in [6.45, 7) is 0. The van der Waals surface area contributed by atoms with Crippen molar-refractivity contribution in [1.82, 2.24) is 0 Å². The molecule has 0 radical (unpaired) electrons. The minimum absolute atomic E-state index is 0. The van der Waals surface area contributed by atoms with Gasteiger partial charge in [-0.25, -0.2) is 0 Å². The number of allylic oxidation sites excluding steroid dienone is 1. The highest BCUT2D eigenvalue weighted by Gasteiger charge is 2.36. The summed E-state index contributed by atoms with van der Waals surface area (Å²) in [5.41, 5.74) is 8.95. The summed E-state index contributed by atoms with van der Waals surface area (Å²) in [5, 5.41) is 0. The van der Waals surface area contributed by atoms with Crippen LogP contribution in [0, 0.1) is 0 Å².